The lowest BCUT2D eigenvalue weighted by atomic mass is 10.2. The number of hydrogen-bond donors (Lipinski definition) is 1. The summed E-state index contributed by atoms with van der Waals surface area (Å²) in [6, 6.07) is 4.01. The van der Waals surface area contributed by atoms with Crippen molar-refractivity contribution < 1.29 is 4.79 Å². The lowest BCUT2D eigenvalue weighted by Crippen LogP contribution is -2.29. The van der Waals surface area contributed by atoms with Gasteiger partial charge in [-0.25, -0.2) is 0 Å². The lowest BCUT2D eigenvalue weighted by molar-refractivity contribution is 0.0779. The van der Waals surface area contributed by atoms with Crippen LogP contribution in [0, 0.1) is 0 Å². The van der Waals surface area contributed by atoms with E-state index in [1.165, 1.54) is 0 Å². The fourth-order valence-corrected chi connectivity index (χ4v) is 1.48. The van der Waals surface area contributed by atoms with Crippen LogP contribution >= 0.6 is 0 Å². The molecule has 1 saturated carbocycles. The van der Waals surface area contributed by atoms with Crippen molar-refractivity contribution in [2.75, 3.05) is 7.05 Å². The summed E-state index contributed by atoms with van der Waals surface area (Å²) in [5.41, 5.74) is 6.91. The summed E-state index contributed by atoms with van der Waals surface area (Å²) in [7, 11) is 1.83. The summed E-state index contributed by atoms with van der Waals surface area (Å²) in [5.74, 6) is 0.000992. The fraction of sp³-hybridized carbons (Fsp3) is 0.455. The van der Waals surface area contributed by atoms with Gasteiger partial charge in [0.05, 0.1) is 0 Å². The van der Waals surface area contributed by atoms with Gasteiger partial charge in [-0.2, -0.15) is 0 Å². The number of amides is 1. The Morgan fingerprint density at radius 3 is 2.80 bits per heavy atom. The third-order valence-electron chi connectivity index (χ3n) is 2.69. The normalized spacial score (nSPS) is 15.1. The van der Waals surface area contributed by atoms with Crippen LogP contribution in [0.2, 0.25) is 0 Å². The summed E-state index contributed by atoms with van der Waals surface area (Å²) in [6.07, 6.45) is 3.89. The molecule has 2 rings (SSSR count). The van der Waals surface area contributed by atoms with Crippen molar-refractivity contribution in [3.63, 3.8) is 0 Å². The Bertz CT molecular complexity index is 357. The molecule has 4 nitrogen and oxygen atoms in total. The van der Waals surface area contributed by atoms with Gasteiger partial charge < -0.3 is 10.6 Å². The molecule has 0 atom stereocenters. The van der Waals surface area contributed by atoms with Crippen LogP contribution in [0.15, 0.2) is 18.3 Å². The van der Waals surface area contributed by atoms with Crippen LogP contribution in [0.3, 0.4) is 0 Å². The molecular weight excluding hydrogens is 190 g/mol. The highest BCUT2D eigenvalue weighted by Gasteiger charge is 2.30. The molecule has 1 amide bonds. The van der Waals surface area contributed by atoms with E-state index in [0.29, 0.717) is 18.3 Å². The standard InChI is InChI=1S/C11H15N3O/c1-14(9-3-4-9)11(15)10-5-2-8(6-12)7-13-10/h2,5,7,9H,3-4,6,12H2,1H3. The molecule has 1 aromatic rings. The minimum Gasteiger partial charge on any atom is -0.337 e. The van der Waals surface area contributed by atoms with Gasteiger partial charge in [-0.05, 0) is 24.5 Å². The summed E-state index contributed by atoms with van der Waals surface area (Å²) in [6.45, 7) is 0.458. The maximum Gasteiger partial charge on any atom is 0.272 e. The maximum absolute atomic E-state index is 11.9. The van der Waals surface area contributed by atoms with E-state index in [-0.39, 0.29) is 5.91 Å². The molecule has 80 valence electrons. The number of pyridine rings is 1. The van der Waals surface area contributed by atoms with E-state index in [4.69, 9.17) is 5.73 Å². The molecule has 1 aliphatic carbocycles. The van der Waals surface area contributed by atoms with Crippen LogP contribution in [0.1, 0.15) is 28.9 Å². The topological polar surface area (TPSA) is 59.2 Å². The van der Waals surface area contributed by atoms with Crippen molar-refractivity contribution in [2.45, 2.75) is 25.4 Å². The first-order valence-electron chi connectivity index (χ1n) is 5.14. The van der Waals surface area contributed by atoms with Crippen LogP contribution in [-0.4, -0.2) is 28.9 Å². The lowest BCUT2D eigenvalue weighted by Gasteiger charge is -2.15. The third kappa shape index (κ3) is 2.15. The van der Waals surface area contributed by atoms with E-state index in [1.807, 2.05) is 13.1 Å². The summed E-state index contributed by atoms with van der Waals surface area (Å²) in [5, 5.41) is 0. The second-order valence-corrected chi connectivity index (χ2v) is 3.90. The van der Waals surface area contributed by atoms with Crippen molar-refractivity contribution in [3.05, 3.63) is 29.6 Å². The van der Waals surface area contributed by atoms with E-state index in [0.717, 1.165) is 18.4 Å². The monoisotopic (exact) mass is 205 g/mol. The predicted octanol–water partition coefficient (Wildman–Crippen LogP) is 0.775. The van der Waals surface area contributed by atoms with Crippen molar-refractivity contribution >= 4 is 5.91 Å². The Morgan fingerprint density at radius 1 is 1.60 bits per heavy atom. The van der Waals surface area contributed by atoms with Crippen molar-refractivity contribution in [3.8, 4) is 0 Å². The average Bonchev–Trinajstić information content (AvgIpc) is 3.11. The van der Waals surface area contributed by atoms with E-state index in [2.05, 4.69) is 4.98 Å². The zero-order valence-electron chi connectivity index (χ0n) is 8.81. The van der Waals surface area contributed by atoms with E-state index < -0.39 is 0 Å². The number of carbonyl (C=O) groups excluding carboxylic acids is 1. The molecule has 1 fully saturated rings. The summed E-state index contributed by atoms with van der Waals surface area (Å²) in [4.78, 5) is 17.7. The Kier molecular flexibility index (Phi) is 2.68. The van der Waals surface area contributed by atoms with E-state index >= 15 is 0 Å². The van der Waals surface area contributed by atoms with Gasteiger partial charge in [-0.3, -0.25) is 9.78 Å². The predicted molar refractivity (Wildman–Crippen MR) is 57.2 cm³/mol. The van der Waals surface area contributed by atoms with Gasteiger partial charge in [0.2, 0.25) is 0 Å². The average molecular weight is 205 g/mol. The second kappa shape index (κ2) is 3.98. The molecule has 0 radical (unpaired) electrons. The Balaban J connectivity index is 2.10. The zero-order chi connectivity index (χ0) is 10.8. The Hall–Kier alpha value is -1.42. The fourth-order valence-electron chi connectivity index (χ4n) is 1.48. The molecule has 0 unspecified atom stereocenters. The molecule has 4 heteroatoms. The van der Waals surface area contributed by atoms with Crippen molar-refractivity contribution in [1.82, 2.24) is 9.88 Å². The Labute approximate surface area is 89.1 Å². The van der Waals surface area contributed by atoms with Crippen LogP contribution in [-0.2, 0) is 6.54 Å². The van der Waals surface area contributed by atoms with Crippen LogP contribution in [0.4, 0.5) is 0 Å². The third-order valence-corrected chi connectivity index (χ3v) is 2.69. The van der Waals surface area contributed by atoms with E-state index in [1.54, 1.807) is 17.2 Å². The van der Waals surface area contributed by atoms with Gasteiger partial charge in [0.15, 0.2) is 0 Å². The molecule has 15 heavy (non-hydrogen) atoms. The highest BCUT2D eigenvalue weighted by molar-refractivity contribution is 5.92. The largest absolute Gasteiger partial charge is 0.337 e. The van der Waals surface area contributed by atoms with Gasteiger partial charge >= 0.3 is 0 Å². The molecule has 1 aliphatic rings. The highest BCUT2D eigenvalue weighted by atomic mass is 16.2. The van der Waals surface area contributed by atoms with Gasteiger partial charge in [0.25, 0.3) is 5.91 Å². The molecule has 1 heterocycles. The van der Waals surface area contributed by atoms with Crippen LogP contribution < -0.4 is 5.73 Å². The van der Waals surface area contributed by atoms with E-state index in [9.17, 15) is 4.79 Å². The second-order valence-electron chi connectivity index (χ2n) is 3.90. The maximum atomic E-state index is 11.9. The summed E-state index contributed by atoms with van der Waals surface area (Å²) >= 11 is 0. The smallest absolute Gasteiger partial charge is 0.272 e. The summed E-state index contributed by atoms with van der Waals surface area (Å²) < 4.78 is 0. The quantitative estimate of drug-likeness (QED) is 0.793. The molecule has 0 aliphatic heterocycles. The minimum absolute atomic E-state index is 0.000992. The highest BCUT2D eigenvalue weighted by Crippen LogP contribution is 2.26. The number of aromatic nitrogens is 1. The van der Waals surface area contributed by atoms with Crippen molar-refractivity contribution in [2.24, 2.45) is 5.73 Å². The number of nitrogens with two attached hydrogens (primary N) is 1. The van der Waals surface area contributed by atoms with Crippen LogP contribution in [0.25, 0.3) is 0 Å². The SMILES string of the molecule is CN(C(=O)c1ccc(CN)cn1)C1CC1. The molecule has 2 N–H and O–H groups in total. The number of rotatable bonds is 3. The molecule has 1 aromatic heterocycles. The zero-order valence-corrected chi connectivity index (χ0v) is 8.81. The van der Waals surface area contributed by atoms with Gasteiger partial charge in [-0.1, -0.05) is 6.07 Å². The molecule has 0 aromatic carbocycles. The molecule has 0 saturated heterocycles. The first-order valence-corrected chi connectivity index (χ1v) is 5.14. The number of hydrogen-bond acceptors (Lipinski definition) is 3. The molecular formula is C11H15N3O. The van der Waals surface area contributed by atoms with Gasteiger partial charge in [-0.15, -0.1) is 0 Å². The van der Waals surface area contributed by atoms with Gasteiger partial charge in [0.1, 0.15) is 5.69 Å². The number of nitrogens with zero attached hydrogens (tertiary/aromatic N) is 2. The minimum atomic E-state index is 0.000992. The molecule has 0 bridgehead atoms. The first kappa shape index (κ1) is 10.1. The van der Waals surface area contributed by atoms with Crippen molar-refractivity contribution in [1.29, 1.82) is 0 Å². The first-order chi connectivity index (χ1) is 7.22. The Morgan fingerprint density at radius 2 is 2.33 bits per heavy atom. The van der Waals surface area contributed by atoms with Gasteiger partial charge in [0, 0.05) is 25.8 Å². The molecule has 0 spiro atoms. The van der Waals surface area contributed by atoms with Crippen LogP contribution in [0.5, 0.6) is 0 Å². The number of carbonyl (C=O) groups is 1.